The standard InChI is InChI=1S/C21H30N2O2/c1-16-13-17(2)15-20(14-16)22-21(25)10-12-23(18(3)24)11-9-19-7-5-4-6-8-19/h7,13-15H,4-6,8-12H2,1-3H3,(H,22,25). The van der Waals surface area contributed by atoms with Crippen molar-refractivity contribution in [2.45, 2.75) is 59.3 Å². The lowest BCUT2D eigenvalue weighted by molar-refractivity contribution is -0.129. The molecule has 1 aliphatic rings. The molecule has 1 aliphatic carbocycles. The maximum absolute atomic E-state index is 12.2. The van der Waals surface area contributed by atoms with Crippen LogP contribution < -0.4 is 5.32 Å². The minimum atomic E-state index is -0.0480. The maximum Gasteiger partial charge on any atom is 0.226 e. The van der Waals surface area contributed by atoms with Gasteiger partial charge in [-0.15, -0.1) is 0 Å². The van der Waals surface area contributed by atoms with Crippen molar-refractivity contribution < 1.29 is 9.59 Å². The maximum atomic E-state index is 12.2. The molecule has 1 N–H and O–H groups in total. The molecule has 136 valence electrons. The Morgan fingerprint density at radius 3 is 2.40 bits per heavy atom. The molecule has 2 rings (SSSR count). The summed E-state index contributed by atoms with van der Waals surface area (Å²) in [7, 11) is 0. The quantitative estimate of drug-likeness (QED) is 0.748. The highest BCUT2D eigenvalue weighted by Gasteiger charge is 2.13. The molecule has 0 atom stereocenters. The third-order valence-electron chi connectivity index (χ3n) is 4.65. The summed E-state index contributed by atoms with van der Waals surface area (Å²) in [6, 6.07) is 6.00. The van der Waals surface area contributed by atoms with E-state index >= 15 is 0 Å². The number of hydrogen-bond acceptors (Lipinski definition) is 2. The van der Waals surface area contributed by atoms with E-state index in [4.69, 9.17) is 0 Å². The van der Waals surface area contributed by atoms with E-state index in [0.29, 0.717) is 19.5 Å². The molecule has 0 saturated carbocycles. The summed E-state index contributed by atoms with van der Waals surface area (Å²) >= 11 is 0. The topological polar surface area (TPSA) is 49.4 Å². The van der Waals surface area contributed by atoms with Gasteiger partial charge in [-0.3, -0.25) is 9.59 Å². The molecular weight excluding hydrogens is 312 g/mol. The minimum Gasteiger partial charge on any atom is -0.342 e. The van der Waals surface area contributed by atoms with Crippen LogP contribution in [0.5, 0.6) is 0 Å². The van der Waals surface area contributed by atoms with E-state index < -0.39 is 0 Å². The van der Waals surface area contributed by atoms with Crippen molar-refractivity contribution in [3.8, 4) is 0 Å². The predicted octanol–water partition coefficient (Wildman–Crippen LogP) is 4.37. The van der Waals surface area contributed by atoms with Gasteiger partial charge in [-0.1, -0.05) is 17.7 Å². The van der Waals surface area contributed by atoms with Gasteiger partial charge in [0.15, 0.2) is 0 Å². The molecule has 0 aromatic heterocycles. The van der Waals surface area contributed by atoms with E-state index in [1.165, 1.54) is 18.4 Å². The van der Waals surface area contributed by atoms with E-state index in [9.17, 15) is 9.59 Å². The zero-order chi connectivity index (χ0) is 18.2. The highest BCUT2D eigenvalue weighted by molar-refractivity contribution is 5.91. The van der Waals surface area contributed by atoms with Gasteiger partial charge < -0.3 is 10.2 Å². The molecule has 0 radical (unpaired) electrons. The highest BCUT2D eigenvalue weighted by atomic mass is 16.2. The molecule has 4 heteroatoms. The molecule has 2 amide bonds. The number of hydrogen-bond donors (Lipinski definition) is 1. The first-order valence-corrected chi connectivity index (χ1v) is 9.25. The number of rotatable bonds is 7. The largest absolute Gasteiger partial charge is 0.342 e. The van der Waals surface area contributed by atoms with Gasteiger partial charge in [0.25, 0.3) is 0 Å². The van der Waals surface area contributed by atoms with Gasteiger partial charge in [0.1, 0.15) is 0 Å². The van der Waals surface area contributed by atoms with Crippen LogP contribution in [0, 0.1) is 13.8 Å². The van der Waals surface area contributed by atoms with Crippen LogP contribution in [0.4, 0.5) is 5.69 Å². The Labute approximate surface area is 151 Å². The fourth-order valence-corrected chi connectivity index (χ4v) is 3.34. The van der Waals surface area contributed by atoms with E-state index in [1.807, 2.05) is 26.0 Å². The molecule has 0 bridgehead atoms. The Morgan fingerprint density at radius 2 is 1.80 bits per heavy atom. The molecule has 1 aromatic carbocycles. The lowest BCUT2D eigenvalue weighted by atomic mass is 9.97. The number of benzene rings is 1. The normalized spacial score (nSPS) is 14.0. The van der Waals surface area contributed by atoms with Crippen LogP contribution in [0.2, 0.25) is 0 Å². The fourth-order valence-electron chi connectivity index (χ4n) is 3.34. The number of aryl methyl sites for hydroxylation is 2. The SMILES string of the molecule is CC(=O)N(CCC(=O)Nc1cc(C)cc(C)c1)CCC1=CCCCC1. The van der Waals surface area contributed by atoms with Gasteiger partial charge in [0.2, 0.25) is 11.8 Å². The lowest BCUT2D eigenvalue weighted by Gasteiger charge is -2.22. The predicted molar refractivity (Wildman–Crippen MR) is 103 cm³/mol. The van der Waals surface area contributed by atoms with E-state index in [0.717, 1.165) is 36.1 Å². The third kappa shape index (κ3) is 6.73. The number of amides is 2. The molecule has 1 aromatic rings. The summed E-state index contributed by atoms with van der Waals surface area (Å²) in [5.74, 6) is -0.0104. The number of allylic oxidation sites excluding steroid dienone is 1. The van der Waals surface area contributed by atoms with Crippen molar-refractivity contribution in [3.63, 3.8) is 0 Å². The van der Waals surface area contributed by atoms with Gasteiger partial charge in [0, 0.05) is 32.1 Å². The summed E-state index contributed by atoms with van der Waals surface area (Å²) < 4.78 is 0. The second kappa shape index (κ2) is 9.40. The lowest BCUT2D eigenvalue weighted by Crippen LogP contribution is -2.33. The van der Waals surface area contributed by atoms with Gasteiger partial charge in [0.05, 0.1) is 0 Å². The Bertz CT molecular complexity index is 629. The minimum absolute atomic E-state index is 0.0376. The third-order valence-corrected chi connectivity index (χ3v) is 4.65. The molecule has 0 unspecified atom stereocenters. The van der Waals surface area contributed by atoms with E-state index in [-0.39, 0.29) is 11.8 Å². The molecule has 4 nitrogen and oxygen atoms in total. The molecule has 0 fully saturated rings. The fraction of sp³-hybridized carbons (Fsp3) is 0.524. The van der Waals surface area contributed by atoms with Crippen LogP contribution in [0.25, 0.3) is 0 Å². The van der Waals surface area contributed by atoms with Crippen LogP contribution >= 0.6 is 0 Å². The Hall–Kier alpha value is -2.10. The summed E-state index contributed by atoms with van der Waals surface area (Å²) in [6.07, 6.45) is 8.41. The zero-order valence-corrected chi connectivity index (χ0v) is 15.7. The van der Waals surface area contributed by atoms with Crippen LogP contribution in [-0.2, 0) is 9.59 Å². The monoisotopic (exact) mass is 342 g/mol. The first-order valence-electron chi connectivity index (χ1n) is 9.25. The number of nitrogens with one attached hydrogen (secondary N) is 1. The average Bonchev–Trinajstić information content (AvgIpc) is 2.54. The first kappa shape index (κ1) is 19.2. The first-order chi connectivity index (χ1) is 11.9. The number of nitrogens with zero attached hydrogens (tertiary/aromatic N) is 1. The van der Waals surface area contributed by atoms with Crippen LogP contribution in [0.1, 0.15) is 56.6 Å². The van der Waals surface area contributed by atoms with Crippen molar-refractivity contribution in [1.29, 1.82) is 0 Å². The molecule has 0 saturated heterocycles. The van der Waals surface area contributed by atoms with Crippen molar-refractivity contribution in [2.75, 3.05) is 18.4 Å². The average molecular weight is 342 g/mol. The molecular formula is C21H30N2O2. The smallest absolute Gasteiger partial charge is 0.226 e. The summed E-state index contributed by atoms with van der Waals surface area (Å²) in [5.41, 5.74) is 4.53. The molecule has 0 aliphatic heterocycles. The van der Waals surface area contributed by atoms with Gasteiger partial charge in [-0.05, 0) is 69.2 Å². The Balaban J connectivity index is 1.82. The number of carbonyl (C=O) groups is 2. The van der Waals surface area contributed by atoms with E-state index in [1.54, 1.807) is 11.8 Å². The summed E-state index contributed by atoms with van der Waals surface area (Å²) in [4.78, 5) is 25.8. The van der Waals surface area contributed by atoms with Crippen molar-refractivity contribution >= 4 is 17.5 Å². The van der Waals surface area contributed by atoms with Crippen molar-refractivity contribution in [2.24, 2.45) is 0 Å². The van der Waals surface area contributed by atoms with Crippen molar-refractivity contribution in [3.05, 3.63) is 41.0 Å². The number of carbonyl (C=O) groups excluding carboxylic acids is 2. The second-order valence-electron chi connectivity index (χ2n) is 7.04. The zero-order valence-electron chi connectivity index (χ0n) is 15.7. The Morgan fingerprint density at radius 1 is 1.08 bits per heavy atom. The molecule has 25 heavy (non-hydrogen) atoms. The highest BCUT2D eigenvalue weighted by Crippen LogP contribution is 2.20. The molecule has 0 spiro atoms. The molecule has 0 heterocycles. The van der Waals surface area contributed by atoms with E-state index in [2.05, 4.69) is 17.5 Å². The number of anilines is 1. The van der Waals surface area contributed by atoms with Crippen LogP contribution in [-0.4, -0.2) is 29.8 Å². The van der Waals surface area contributed by atoms with Gasteiger partial charge in [-0.25, -0.2) is 0 Å². The van der Waals surface area contributed by atoms with Crippen LogP contribution in [0.15, 0.2) is 29.8 Å². The second-order valence-corrected chi connectivity index (χ2v) is 7.04. The Kier molecular flexibility index (Phi) is 7.23. The van der Waals surface area contributed by atoms with Crippen molar-refractivity contribution in [1.82, 2.24) is 4.90 Å². The van der Waals surface area contributed by atoms with Crippen LogP contribution in [0.3, 0.4) is 0 Å². The van der Waals surface area contributed by atoms with Gasteiger partial charge >= 0.3 is 0 Å². The summed E-state index contributed by atoms with van der Waals surface area (Å²) in [6.45, 7) is 6.79. The van der Waals surface area contributed by atoms with Gasteiger partial charge in [-0.2, -0.15) is 0 Å². The summed E-state index contributed by atoms with van der Waals surface area (Å²) in [5, 5.41) is 2.94.